The van der Waals surface area contributed by atoms with E-state index in [9.17, 15) is 13.2 Å². The molecule has 0 saturated heterocycles. The van der Waals surface area contributed by atoms with Crippen molar-refractivity contribution < 1.29 is 17.9 Å². The van der Waals surface area contributed by atoms with Gasteiger partial charge in [-0.25, -0.2) is 4.39 Å². The monoisotopic (exact) mass is 209 g/mol. The fourth-order valence-electron chi connectivity index (χ4n) is 0.631. The van der Waals surface area contributed by atoms with Crippen molar-refractivity contribution in [3.63, 3.8) is 0 Å². The van der Waals surface area contributed by atoms with E-state index in [1.165, 1.54) is 18.2 Å². The Kier molecular flexibility index (Phi) is 3.03. The standard InChI is InChI=1S/C8H5ClF3O/c9-7(10)8(11,12)13-6-4-2-1-3-5-6/h1-4,7H. The molecule has 0 amide bonds. The molecule has 1 radical (unpaired) electrons. The van der Waals surface area contributed by atoms with Gasteiger partial charge in [-0.3, -0.25) is 0 Å². The molecule has 1 rings (SSSR count). The summed E-state index contributed by atoms with van der Waals surface area (Å²) >= 11 is 4.56. The van der Waals surface area contributed by atoms with Gasteiger partial charge < -0.3 is 4.74 Å². The van der Waals surface area contributed by atoms with Crippen molar-refractivity contribution in [3.8, 4) is 5.75 Å². The number of benzene rings is 1. The molecule has 0 fully saturated rings. The van der Waals surface area contributed by atoms with Gasteiger partial charge in [0.1, 0.15) is 5.75 Å². The summed E-state index contributed by atoms with van der Waals surface area (Å²) in [5, 5.41) is 0. The van der Waals surface area contributed by atoms with Crippen LogP contribution in [0.25, 0.3) is 0 Å². The number of halogens is 4. The summed E-state index contributed by atoms with van der Waals surface area (Å²) in [6.07, 6.45) is -4.03. The number of ether oxygens (including phenoxy) is 1. The fraction of sp³-hybridized carbons (Fsp3) is 0.250. The average molecular weight is 210 g/mol. The molecule has 0 aromatic heterocycles. The number of alkyl halides is 4. The Morgan fingerprint density at radius 1 is 1.46 bits per heavy atom. The van der Waals surface area contributed by atoms with Crippen molar-refractivity contribution in [2.24, 2.45) is 0 Å². The third-order valence-electron chi connectivity index (χ3n) is 1.18. The molecule has 0 bridgehead atoms. The summed E-state index contributed by atoms with van der Waals surface area (Å²) in [5.74, 6) is -0.254. The quantitative estimate of drug-likeness (QED) is 0.696. The van der Waals surface area contributed by atoms with Gasteiger partial charge in [0.2, 0.25) is 0 Å². The Balaban J connectivity index is 2.69. The number of hydrogen-bond donors (Lipinski definition) is 0. The Bertz CT molecular complexity index is 263. The number of hydrogen-bond acceptors (Lipinski definition) is 1. The Morgan fingerprint density at radius 2 is 2.15 bits per heavy atom. The molecular weight excluding hydrogens is 205 g/mol. The van der Waals surface area contributed by atoms with Crippen molar-refractivity contribution in [3.05, 3.63) is 30.3 Å². The van der Waals surface area contributed by atoms with Crippen LogP contribution in [0.15, 0.2) is 24.3 Å². The highest BCUT2D eigenvalue weighted by Crippen LogP contribution is 2.27. The van der Waals surface area contributed by atoms with E-state index in [-0.39, 0.29) is 5.75 Å². The minimum atomic E-state index is -4.03. The summed E-state index contributed by atoms with van der Waals surface area (Å²) < 4.78 is 41.0. The Labute approximate surface area is 78.1 Å². The van der Waals surface area contributed by atoms with Crippen molar-refractivity contribution in [1.29, 1.82) is 0 Å². The molecule has 1 unspecified atom stereocenters. The van der Waals surface area contributed by atoms with Crippen molar-refractivity contribution in [2.45, 2.75) is 11.7 Å². The molecule has 71 valence electrons. The van der Waals surface area contributed by atoms with Crippen LogP contribution in [0, 0.1) is 6.07 Å². The SMILES string of the molecule is FC(Cl)C(F)(F)Oc1[c]cccc1. The van der Waals surface area contributed by atoms with E-state index >= 15 is 0 Å². The van der Waals surface area contributed by atoms with Crippen LogP contribution in [0.5, 0.6) is 5.75 Å². The van der Waals surface area contributed by atoms with E-state index in [0.717, 1.165) is 0 Å². The highest BCUT2D eigenvalue weighted by molar-refractivity contribution is 6.20. The minimum absolute atomic E-state index is 0.254. The van der Waals surface area contributed by atoms with Crippen LogP contribution in [0.1, 0.15) is 0 Å². The Hall–Kier alpha value is -0.900. The Morgan fingerprint density at radius 3 is 2.62 bits per heavy atom. The molecule has 0 saturated carbocycles. The van der Waals surface area contributed by atoms with E-state index < -0.39 is 11.7 Å². The maximum Gasteiger partial charge on any atom is 0.444 e. The van der Waals surface area contributed by atoms with Gasteiger partial charge in [0.05, 0.1) is 0 Å². The zero-order valence-corrected chi connectivity index (χ0v) is 7.06. The van der Waals surface area contributed by atoms with Crippen LogP contribution in [0.2, 0.25) is 0 Å². The third kappa shape index (κ3) is 2.81. The molecule has 1 nitrogen and oxygen atoms in total. The second-order valence-corrected chi connectivity index (χ2v) is 2.57. The summed E-state index contributed by atoms with van der Waals surface area (Å²) in [5.41, 5.74) is -2.87. The van der Waals surface area contributed by atoms with Crippen molar-refractivity contribution in [2.75, 3.05) is 0 Å². The molecule has 1 aromatic rings. The first-order valence-corrected chi connectivity index (χ1v) is 3.78. The van der Waals surface area contributed by atoms with Crippen LogP contribution in [-0.4, -0.2) is 11.7 Å². The second kappa shape index (κ2) is 3.87. The molecule has 5 heteroatoms. The third-order valence-corrected chi connectivity index (χ3v) is 1.43. The van der Waals surface area contributed by atoms with Crippen LogP contribution >= 0.6 is 11.6 Å². The summed E-state index contributed by atoms with van der Waals surface area (Å²) in [6.45, 7) is 0. The van der Waals surface area contributed by atoms with Crippen LogP contribution in [-0.2, 0) is 0 Å². The van der Waals surface area contributed by atoms with Gasteiger partial charge in [-0.1, -0.05) is 29.8 Å². The summed E-state index contributed by atoms with van der Waals surface area (Å²) in [4.78, 5) is 0. The predicted molar refractivity (Wildman–Crippen MR) is 41.6 cm³/mol. The zero-order valence-electron chi connectivity index (χ0n) is 6.31. The molecule has 0 N–H and O–H groups in total. The van der Waals surface area contributed by atoms with E-state index in [2.05, 4.69) is 22.4 Å². The van der Waals surface area contributed by atoms with Crippen LogP contribution in [0.3, 0.4) is 0 Å². The maximum absolute atomic E-state index is 12.5. The normalized spacial score (nSPS) is 13.8. The lowest BCUT2D eigenvalue weighted by molar-refractivity contribution is -0.199. The number of rotatable bonds is 3. The molecule has 13 heavy (non-hydrogen) atoms. The highest BCUT2D eigenvalue weighted by Gasteiger charge is 2.42. The maximum atomic E-state index is 12.5. The first kappa shape index (κ1) is 10.2. The molecule has 0 aliphatic rings. The molecule has 0 aliphatic carbocycles. The van der Waals surface area contributed by atoms with Gasteiger partial charge in [-0.05, 0) is 6.07 Å². The molecule has 0 heterocycles. The lowest BCUT2D eigenvalue weighted by atomic mass is 10.3. The number of para-hydroxylation sites is 1. The fourth-order valence-corrected chi connectivity index (χ4v) is 0.676. The molecule has 0 aliphatic heterocycles. The van der Waals surface area contributed by atoms with E-state index in [1.54, 1.807) is 6.07 Å². The minimum Gasteiger partial charge on any atom is -0.429 e. The van der Waals surface area contributed by atoms with E-state index in [1.807, 2.05) is 0 Å². The molecule has 1 aromatic carbocycles. The van der Waals surface area contributed by atoms with Gasteiger partial charge >= 0.3 is 6.11 Å². The molecular formula is C8H5ClF3O. The van der Waals surface area contributed by atoms with E-state index in [0.29, 0.717) is 0 Å². The topological polar surface area (TPSA) is 9.23 Å². The van der Waals surface area contributed by atoms with Crippen LogP contribution < -0.4 is 4.74 Å². The first-order chi connectivity index (χ1) is 6.02. The first-order valence-electron chi connectivity index (χ1n) is 3.34. The molecule has 0 spiro atoms. The van der Waals surface area contributed by atoms with Crippen molar-refractivity contribution >= 4 is 11.6 Å². The largest absolute Gasteiger partial charge is 0.444 e. The summed E-state index contributed by atoms with van der Waals surface area (Å²) in [6, 6.07) is 7.98. The van der Waals surface area contributed by atoms with Gasteiger partial charge in [-0.2, -0.15) is 8.78 Å². The van der Waals surface area contributed by atoms with Gasteiger partial charge in [0.25, 0.3) is 5.63 Å². The van der Waals surface area contributed by atoms with Crippen LogP contribution in [0.4, 0.5) is 13.2 Å². The van der Waals surface area contributed by atoms with Gasteiger partial charge in [0.15, 0.2) is 0 Å². The molecule has 1 atom stereocenters. The lowest BCUT2D eigenvalue weighted by Crippen LogP contribution is -2.32. The van der Waals surface area contributed by atoms with Gasteiger partial charge in [0, 0.05) is 6.07 Å². The lowest BCUT2D eigenvalue weighted by Gasteiger charge is -2.16. The highest BCUT2D eigenvalue weighted by atomic mass is 35.5. The van der Waals surface area contributed by atoms with Crippen molar-refractivity contribution in [1.82, 2.24) is 0 Å². The second-order valence-electron chi connectivity index (χ2n) is 2.19. The summed E-state index contributed by atoms with van der Waals surface area (Å²) in [7, 11) is 0. The predicted octanol–water partition coefficient (Wildman–Crippen LogP) is 2.99. The van der Waals surface area contributed by atoms with Gasteiger partial charge in [-0.15, -0.1) is 0 Å². The average Bonchev–Trinajstić information content (AvgIpc) is 2.05. The van der Waals surface area contributed by atoms with E-state index in [4.69, 9.17) is 0 Å². The smallest absolute Gasteiger partial charge is 0.429 e. The zero-order chi connectivity index (χ0) is 9.90.